The molecule has 1 atom stereocenters. The average molecular weight is 352 g/mol. The zero-order chi connectivity index (χ0) is 15.2. The van der Waals surface area contributed by atoms with Crippen molar-refractivity contribution in [3.63, 3.8) is 0 Å². The molecule has 1 unspecified atom stereocenters. The summed E-state index contributed by atoms with van der Waals surface area (Å²) in [5.74, 6) is 0.934. The summed E-state index contributed by atoms with van der Waals surface area (Å²) < 4.78 is 7.65. The first-order valence-electron chi connectivity index (χ1n) is 7.34. The van der Waals surface area contributed by atoms with Gasteiger partial charge in [-0.15, -0.1) is 5.10 Å². The minimum Gasteiger partial charge on any atom is -0.494 e. The van der Waals surface area contributed by atoms with Crippen LogP contribution in [0.25, 0.3) is 0 Å². The van der Waals surface area contributed by atoms with Gasteiger partial charge in [-0.05, 0) is 43.5 Å². The molecule has 1 aromatic carbocycles. The fraction of sp³-hybridized carbons (Fsp3) is 0.500. The van der Waals surface area contributed by atoms with E-state index in [4.69, 9.17) is 4.74 Å². The molecule has 5 heteroatoms. The minimum atomic E-state index is 0.290. The summed E-state index contributed by atoms with van der Waals surface area (Å²) in [6.45, 7) is 7.83. The quantitative estimate of drug-likeness (QED) is 0.554. The fourth-order valence-electron chi connectivity index (χ4n) is 2.00. The van der Waals surface area contributed by atoms with E-state index in [1.165, 1.54) is 11.1 Å². The van der Waals surface area contributed by atoms with Crippen molar-refractivity contribution in [1.82, 2.24) is 15.0 Å². The van der Waals surface area contributed by atoms with E-state index >= 15 is 0 Å². The molecule has 21 heavy (non-hydrogen) atoms. The molecule has 0 spiro atoms. The summed E-state index contributed by atoms with van der Waals surface area (Å²) in [7, 11) is 0. The lowest BCUT2D eigenvalue weighted by molar-refractivity contribution is 0.297. The normalized spacial score (nSPS) is 12.4. The van der Waals surface area contributed by atoms with Crippen molar-refractivity contribution in [3.05, 3.63) is 41.2 Å². The Hall–Kier alpha value is -1.36. The van der Waals surface area contributed by atoms with Crippen LogP contribution < -0.4 is 4.74 Å². The second kappa shape index (κ2) is 7.59. The largest absolute Gasteiger partial charge is 0.494 e. The second-order valence-electron chi connectivity index (χ2n) is 5.23. The zero-order valence-electron chi connectivity index (χ0n) is 12.8. The predicted octanol–water partition coefficient (Wildman–Crippen LogP) is 4.21. The number of aryl methyl sites for hydroxylation is 3. The highest BCUT2D eigenvalue weighted by atomic mass is 79.9. The van der Waals surface area contributed by atoms with Crippen LogP contribution in [0.5, 0.6) is 5.75 Å². The van der Waals surface area contributed by atoms with Gasteiger partial charge in [0.1, 0.15) is 5.75 Å². The molecule has 114 valence electrons. The van der Waals surface area contributed by atoms with Crippen LogP contribution in [0.15, 0.2) is 24.4 Å². The Morgan fingerprint density at radius 1 is 1.29 bits per heavy atom. The molecule has 2 rings (SSSR count). The first-order valence-corrected chi connectivity index (χ1v) is 8.26. The van der Waals surface area contributed by atoms with E-state index in [1.54, 1.807) is 0 Å². The predicted molar refractivity (Wildman–Crippen MR) is 88.0 cm³/mol. The Morgan fingerprint density at radius 2 is 2.10 bits per heavy atom. The standard InChI is InChI=1S/C16H22BrN3O/c1-4-15(17)16-11-20(19-18-16)8-5-9-21-14-7-6-12(2)13(3)10-14/h6-7,10-11,15H,4-5,8-9H2,1-3H3. The van der Waals surface area contributed by atoms with E-state index < -0.39 is 0 Å². The lowest BCUT2D eigenvalue weighted by Gasteiger charge is -2.08. The molecular weight excluding hydrogens is 330 g/mol. The summed E-state index contributed by atoms with van der Waals surface area (Å²) in [6.07, 6.45) is 3.92. The van der Waals surface area contributed by atoms with Gasteiger partial charge in [-0.3, -0.25) is 4.68 Å². The van der Waals surface area contributed by atoms with Gasteiger partial charge >= 0.3 is 0 Å². The molecule has 0 aliphatic heterocycles. The van der Waals surface area contributed by atoms with E-state index in [9.17, 15) is 0 Å². The van der Waals surface area contributed by atoms with Gasteiger partial charge in [0.25, 0.3) is 0 Å². The van der Waals surface area contributed by atoms with Crippen molar-refractivity contribution in [2.24, 2.45) is 0 Å². The van der Waals surface area contributed by atoms with Crippen LogP contribution in [0.2, 0.25) is 0 Å². The minimum absolute atomic E-state index is 0.290. The number of aromatic nitrogens is 3. The molecule has 0 aliphatic carbocycles. The second-order valence-corrected chi connectivity index (χ2v) is 6.34. The number of rotatable bonds is 7. The summed E-state index contributed by atoms with van der Waals surface area (Å²) in [5.41, 5.74) is 3.54. The van der Waals surface area contributed by atoms with Gasteiger partial charge < -0.3 is 4.74 Å². The van der Waals surface area contributed by atoms with Gasteiger partial charge in [0.15, 0.2) is 0 Å². The smallest absolute Gasteiger partial charge is 0.119 e. The van der Waals surface area contributed by atoms with Crippen molar-refractivity contribution in [3.8, 4) is 5.75 Å². The highest BCUT2D eigenvalue weighted by molar-refractivity contribution is 9.09. The number of alkyl halides is 1. The third kappa shape index (κ3) is 4.56. The van der Waals surface area contributed by atoms with E-state index in [1.807, 2.05) is 16.9 Å². The topological polar surface area (TPSA) is 39.9 Å². The van der Waals surface area contributed by atoms with Crippen molar-refractivity contribution in [2.75, 3.05) is 6.61 Å². The van der Waals surface area contributed by atoms with Gasteiger partial charge in [0.05, 0.1) is 17.1 Å². The maximum Gasteiger partial charge on any atom is 0.119 e. The summed E-state index contributed by atoms with van der Waals surface area (Å²) in [6, 6.07) is 6.20. The van der Waals surface area contributed by atoms with E-state index in [0.29, 0.717) is 6.61 Å². The summed E-state index contributed by atoms with van der Waals surface area (Å²) in [5, 5.41) is 8.31. The first-order chi connectivity index (χ1) is 10.1. The number of hydrogen-bond donors (Lipinski definition) is 0. The Bertz CT molecular complexity index is 583. The highest BCUT2D eigenvalue weighted by Gasteiger charge is 2.09. The Labute approximate surface area is 134 Å². The molecule has 2 aromatic rings. The molecule has 0 aliphatic rings. The lowest BCUT2D eigenvalue weighted by Crippen LogP contribution is -2.05. The van der Waals surface area contributed by atoms with Crippen molar-refractivity contribution in [2.45, 2.75) is 45.0 Å². The van der Waals surface area contributed by atoms with Gasteiger partial charge in [-0.1, -0.05) is 34.1 Å². The van der Waals surface area contributed by atoms with Crippen molar-refractivity contribution in [1.29, 1.82) is 0 Å². The highest BCUT2D eigenvalue weighted by Crippen LogP contribution is 2.23. The maximum absolute atomic E-state index is 5.77. The van der Waals surface area contributed by atoms with Gasteiger partial charge in [0.2, 0.25) is 0 Å². The SMILES string of the molecule is CCC(Br)c1cn(CCCOc2ccc(C)c(C)c2)nn1. The average Bonchev–Trinajstić information content (AvgIpc) is 2.95. The molecule has 1 aromatic heterocycles. The molecule has 0 saturated carbocycles. The van der Waals surface area contributed by atoms with Crippen molar-refractivity contribution < 1.29 is 4.74 Å². The molecule has 0 fully saturated rings. The summed E-state index contributed by atoms with van der Waals surface area (Å²) >= 11 is 3.58. The van der Waals surface area contributed by atoms with Crippen LogP contribution >= 0.6 is 15.9 Å². The Balaban J connectivity index is 1.76. The molecule has 4 nitrogen and oxygen atoms in total. The number of hydrogen-bond acceptors (Lipinski definition) is 3. The van der Waals surface area contributed by atoms with Crippen LogP contribution in [-0.4, -0.2) is 21.6 Å². The molecule has 0 saturated heterocycles. The van der Waals surface area contributed by atoms with Gasteiger partial charge in [-0.25, -0.2) is 0 Å². The van der Waals surface area contributed by atoms with Crippen LogP contribution in [0.3, 0.4) is 0 Å². The van der Waals surface area contributed by atoms with Crippen LogP contribution in [0.4, 0.5) is 0 Å². The number of benzene rings is 1. The van der Waals surface area contributed by atoms with E-state index in [0.717, 1.165) is 30.8 Å². The summed E-state index contributed by atoms with van der Waals surface area (Å²) in [4.78, 5) is 0.290. The molecule has 0 amide bonds. The molecular formula is C16H22BrN3O. The third-order valence-corrected chi connectivity index (χ3v) is 4.63. The van der Waals surface area contributed by atoms with Gasteiger partial charge in [0, 0.05) is 19.2 Å². The molecule has 1 heterocycles. The zero-order valence-corrected chi connectivity index (χ0v) is 14.4. The monoisotopic (exact) mass is 351 g/mol. The number of halogens is 1. The van der Waals surface area contributed by atoms with Gasteiger partial charge in [-0.2, -0.15) is 0 Å². The van der Waals surface area contributed by atoms with Crippen LogP contribution in [0, 0.1) is 13.8 Å². The van der Waals surface area contributed by atoms with Crippen LogP contribution in [0.1, 0.15) is 41.4 Å². The van der Waals surface area contributed by atoms with E-state index in [2.05, 4.69) is 59.1 Å². The number of nitrogens with zero attached hydrogens (tertiary/aromatic N) is 3. The third-order valence-electron chi connectivity index (χ3n) is 3.51. The molecule has 0 N–H and O–H groups in total. The van der Waals surface area contributed by atoms with Crippen LogP contribution in [-0.2, 0) is 6.54 Å². The first kappa shape index (κ1) is 16.0. The molecule has 0 radical (unpaired) electrons. The Morgan fingerprint density at radius 3 is 2.81 bits per heavy atom. The fourth-order valence-corrected chi connectivity index (χ4v) is 2.21. The maximum atomic E-state index is 5.77. The molecule has 0 bridgehead atoms. The lowest BCUT2D eigenvalue weighted by atomic mass is 10.1. The number of ether oxygens (including phenoxy) is 1. The van der Waals surface area contributed by atoms with E-state index in [-0.39, 0.29) is 4.83 Å². The Kier molecular flexibility index (Phi) is 5.79. The van der Waals surface area contributed by atoms with Crippen molar-refractivity contribution >= 4 is 15.9 Å².